The van der Waals surface area contributed by atoms with E-state index < -0.39 is 0 Å². The third kappa shape index (κ3) is 3.46. The molecule has 4 rings (SSSR count). The van der Waals surface area contributed by atoms with Crippen LogP contribution in [0.25, 0.3) is 0 Å². The first kappa shape index (κ1) is 22.9. The summed E-state index contributed by atoms with van der Waals surface area (Å²) in [7, 11) is 0. The van der Waals surface area contributed by atoms with E-state index in [9.17, 15) is 0 Å². The Hall–Kier alpha value is -0.260. The molecular formula is C30H52. The van der Waals surface area contributed by atoms with Crippen LogP contribution in [0.4, 0.5) is 0 Å². The zero-order valence-corrected chi connectivity index (χ0v) is 21.5. The van der Waals surface area contributed by atoms with E-state index in [4.69, 9.17) is 0 Å². The monoisotopic (exact) mass is 412 g/mol. The van der Waals surface area contributed by atoms with Crippen LogP contribution in [0.3, 0.4) is 0 Å². The topological polar surface area (TPSA) is 0 Å². The highest BCUT2D eigenvalue weighted by atomic mass is 14.7. The predicted octanol–water partition coefficient (Wildman–Crippen LogP) is 9.16. The van der Waals surface area contributed by atoms with Crippen molar-refractivity contribution in [1.82, 2.24) is 0 Å². The van der Waals surface area contributed by atoms with Crippen LogP contribution in [0.5, 0.6) is 0 Å². The van der Waals surface area contributed by atoms with Crippen molar-refractivity contribution in [2.24, 2.45) is 64.1 Å². The van der Waals surface area contributed by atoms with E-state index in [0.29, 0.717) is 10.8 Å². The fourth-order valence-electron chi connectivity index (χ4n) is 10.3. The van der Waals surface area contributed by atoms with E-state index >= 15 is 0 Å². The molecule has 4 aliphatic carbocycles. The molecule has 0 bridgehead atoms. The lowest BCUT2D eigenvalue weighted by molar-refractivity contribution is -0.170. The molecule has 0 nitrogen and oxygen atoms in total. The van der Waals surface area contributed by atoms with Crippen LogP contribution in [-0.4, -0.2) is 0 Å². The van der Waals surface area contributed by atoms with Gasteiger partial charge in [0, 0.05) is 0 Å². The summed E-state index contributed by atoms with van der Waals surface area (Å²) in [4.78, 5) is 0. The summed E-state index contributed by atoms with van der Waals surface area (Å²) in [6.07, 6.45) is 14.6. The maximum absolute atomic E-state index is 4.19. The van der Waals surface area contributed by atoms with Crippen molar-refractivity contribution in [3.8, 4) is 0 Å². The van der Waals surface area contributed by atoms with Gasteiger partial charge in [-0.3, -0.25) is 0 Å². The highest BCUT2D eigenvalue weighted by Crippen LogP contribution is 2.71. The van der Waals surface area contributed by atoms with E-state index in [2.05, 4.69) is 55.0 Å². The van der Waals surface area contributed by atoms with Gasteiger partial charge in [0.05, 0.1) is 0 Å². The molecule has 0 heterocycles. The average Bonchev–Trinajstić information content (AvgIpc) is 3.05. The van der Waals surface area contributed by atoms with Crippen molar-refractivity contribution >= 4 is 0 Å². The summed E-state index contributed by atoms with van der Waals surface area (Å²) in [6, 6.07) is 0. The Bertz CT molecular complexity index is 632. The number of allylic oxidation sites excluding steroid dienone is 1. The van der Waals surface area contributed by atoms with Gasteiger partial charge >= 0.3 is 0 Å². The van der Waals surface area contributed by atoms with Crippen molar-refractivity contribution in [3.05, 3.63) is 12.2 Å². The molecular weight excluding hydrogens is 360 g/mol. The fraction of sp³-hybridized carbons (Fsp3) is 0.933. The third-order valence-corrected chi connectivity index (χ3v) is 11.9. The zero-order valence-electron chi connectivity index (χ0n) is 21.5. The second-order valence-corrected chi connectivity index (χ2v) is 13.4. The molecule has 0 heteroatoms. The van der Waals surface area contributed by atoms with Crippen molar-refractivity contribution in [3.63, 3.8) is 0 Å². The summed E-state index contributed by atoms with van der Waals surface area (Å²) in [5, 5.41) is 0. The van der Waals surface area contributed by atoms with E-state index in [1.54, 1.807) is 0 Å². The molecule has 0 spiro atoms. The maximum Gasteiger partial charge on any atom is -0.0263 e. The number of rotatable bonds is 5. The Morgan fingerprint density at radius 1 is 0.967 bits per heavy atom. The van der Waals surface area contributed by atoms with Crippen molar-refractivity contribution in [1.29, 1.82) is 0 Å². The third-order valence-electron chi connectivity index (χ3n) is 11.9. The smallest absolute Gasteiger partial charge is 0.0263 e. The van der Waals surface area contributed by atoms with Gasteiger partial charge in [-0.25, -0.2) is 0 Å². The largest absolute Gasteiger partial charge is 0.100 e. The van der Waals surface area contributed by atoms with Gasteiger partial charge in [0.15, 0.2) is 0 Å². The molecule has 4 saturated carbocycles. The van der Waals surface area contributed by atoms with Gasteiger partial charge in [0.2, 0.25) is 0 Å². The maximum atomic E-state index is 4.19. The molecule has 0 aromatic heterocycles. The molecule has 11 atom stereocenters. The van der Waals surface area contributed by atoms with Crippen molar-refractivity contribution in [2.75, 3.05) is 0 Å². The summed E-state index contributed by atoms with van der Waals surface area (Å²) in [5.74, 6) is 8.70. The highest BCUT2D eigenvalue weighted by molar-refractivity contribution is 5.12. The van der Waals surface area contributed by atoms with Crippen LogP contribution >= 0.6 is 0 Å². The van der Waals surface area contributed by atoms with Crippen molar-refractivity contribution in [2.45, 2.75) is 113 Å². The minimum absolute atomic E-state index is 0.605. The Morgan fingerprint density at radius 3 is 2.30 bits per heavy atom. The van der Waals surface area contributed by atoms with Gasteiger partial charge in [-0.15, -0.1) is 6.58 Å². The lowest BCUT2D eigenvalue weighted by Crippen LogP contribution is -2.59. The van der Waals surface area contributed by atoms with Crippen LogP contribution in [0, 0.1) is 64.1 Å². The van der Waals surface area contributed by atoms with Gasteiger partial charge < -0.3 is 0 Å². The molecule has 0 aliphatic heterocycles. The Kier molecular flexibility index (Phi) is 6.31. The SMILES string of the molecule is C=C(C)CC[C@@H](C)C1CC[C@H]2C3[C@H](C)[C@H](CC)C4C[C@H](C)CCC4(C)[C@H]3CCC12C. The van der Waals surface area contributed by atoms with Crippen LogP contribution in [0.1, 0.15) is 113 Å². The number of hydrogen-bond donors (Lipinski definition) is 0. The molecule has 0 amide bonds. The Balaban J connectivity index is 1.61. The van der Waals surface area contributed by atoms with E-state index in [1.165, 1.54) is 69.8 Å². The lowest BCUT2D eigenvalue weighted by atomic mass is 9.39. The van der Waals surface area contributed by atoms with Gasteiger partial charge in [-0.2, -0.15) is 0 Å². The Labute approximate surface area is 189 Å². The summed E-state index contributed by atoms with van der Waals surface area (Å²) in [6.45, 7) is 22.2. The molecule has 4 fully saturated rings. The molecule has 0 aromatic rings. The molecule has 172 valence electrons. The van der Waals surface area contributed by atoms with E-state index in [-0.39, 0.29) is 0 Å². The average molecular weight is 413 g/mol. The van der Waals surface area contributed by atoms with Gasteiger partial charge in [-0.05, 0) is 122 Å². The number of fused-ring (bicyclic) bond motifs is 5. The predicted molar refractivity (Wildman–Crippen MR) is 131 cm³/mol. The second-order valence-electron chi connectivity index (χ2n) is 13.4. The molecule has 0 N–H and O–H groups in total. The molecule has 4 aliphatic rings. The first-order valence-corrected chi connectivity index (χ1v) is 13.8. The first-order valence-electron chi connectivity index (χ1n) is 13.8. The van der Waals surface area contributed by atoms with E-state index in [1.807, 2.05) is 0 Å². The van der Waals surface area contributed by atoms with Crippen molar-refractivity contribution < 1.29 is 0 Å². The van der Waals surface area contributed by atoms with Gasteiger partial charge in [-0.1, -0.05) is 60.0 Å². The quantitative estimate of drug-likeness (QED) is 0.395. The van der Waals surface area contributed by atoms with Gasteiger partial charge in [0.25, 0.3) is 0 Å². The summed E-state index contributed by atoms with van der Waals surface area (Å²) in [5.41, 5.74) is 2.62. The molecule has 0 saturated heterocycles. The highest BCUT2D eigenvalue weighted by Gasteiger charge is 2.63. The number of hydrogen-bond acceptors (Lipinski definition) is 0. The zero-order chi connectivity index (χ0) is 21.8. The molecule has 30 heavy (non-hydrogen) atoms. The van der Waals surface area contributed by atoms with E-state index in [0.717, 1.165) is 53.3 Å². The standard InChI is InChI=1S/C30H52/c1-9-23-22(6)28-25-13-12-24(21(5)11-10-19(2)3)29(25,7)17-15-26(28)30(8)16-14-20(4)18-27(23)30/h20-28H,2,9-18H2,1,3-8H3/t20-,21-,22-,23+,24?,25+,26+,27?,28?,29?,30?/m1/s1. The summed E-state index contributed by atoms with van der Waals surface area (Å²) >= 11 is 0. The fourth-order valence-corrected chi connectivity index (χ4v) is 10.3. The minimum atomic E-state index is 0.605. The molecule has 0 radical (unpaired) electrons. The lowest BCUT2D eigenvalue weighted by Gasteiger charge is -2.65. The normalized spacial score (nSPS) is 51.6. The summed E-state index contributed by atoms with van der Waals surface area (Å²) < 4.78 is 0. The van der Waals surface area contributed by atoms with Crippen LogP contribution in [0.15, 0.2) is 12.2 Å². The van der Waals surface area contributed by atoms with Crippen LogP contribution in [-0.2, 0) is 0 Å². The first-order chi connectivity index (χ1) is 14.1. The minimum Gasteiger partial charge on any atom is -0.100 e. The molecule has 0 aromatic carbocycles. The molecule has 5 unspecified atom stereocenters. The van der Waals surface area contributed by atoms with Crippen LogP contribution < -0.4 is 0 Å². The van der Waals surface area contributed by atoms with Crippen LogP contribution in [0.2, 0.25) is 0 Å². The van der Waals surface area contributed by atoms with Gasteiger partial charge in [0.1, 0.15) is 0 Å². The second kappa shape index (κ2) is 8.26. The Morgan fingerprint density at radius 2 is 1.63 bits per heavy atom.